The molecule has 0 aliphatic carbocycles. The molecule has 134 valence electrons. The zero-order chi connectivity index (χ0) is 17.8. The Kier molecular flexibility index (Phi) is 6.04. The minimum Gasteiger partial charge on any atom is -0.376 e. The molecule has 1 aromatic heterocycles. The highest BCUT2D eigenvalue weighted by Crippen LogP contribution is 2.24. The molecule has 1 fully saturated rings. The third-order valence-electron chi connectivity index (χ3n) is 4.29. The minimum atomic E-state index is -0.0608. The molecule has 1 atom stereocenters. The normalized spacial score (nSPS) is 17.0. The molecule has 1 aromatic carbocycles. The van der Waals surface area contributed by atoms with Crippen molar-refractivity contribution in [3.8, 4) is 0 Å². The SMILES string of the molecule is Cc1nc(SCC(=O)Nc2ccc(Cl)cc2)n(C[C@@H]2CCCO2)c1C. The molecule has 7 heteroatoms. The van der Waals surface area contributed by atoms with E-state index < -0.39 is 0 Å². The number of imidazole rings is 1. The minimum absolute atomic E-state index is 0.0608. The van der Waals surface area contributed by atoms with Gasteiger partial charge in [-0.05, 0) is 51.0 Å². The summed E-state index contributed by atoms with van der Waals surface area (Å²) in [6.45, 7) is 5.70. The van der Waals surface area contributed by atoms with E-state index in [1.54, 1.807) is 24.3 Å². The summed E-state index contributed by atoms with van der Waals surface area (Å²) in [5.74, 6) is 0.249. The van der Waals surface area contributed by atoms with Crippen molar-refractivity contribution < 1.29 is 9.53 Å². The molecule has 0 radical (unpaired) electrons. The predicted octanol–water partition coefficient (Wildman–Crippen LogP) is 4.06. The molecule has 2 heterocycles. The average molecular weight is 380 g/mol. The van der Waals surface area contributed by atoms with Crippen molar-refractivity contribution in [3.05, 3.63) is 40.7 Å². The lowest BCUT2D eigenvalue weighted by molar-refractivity contribution is -0.113. The zero-order valence-electron chi connectivity index (χ0n) is 14.4. The smallest absolute Gasteiger partial charge is 0.234 e. The van der Waals surface area contributed by atoms with E-state index in [4.69, 9.17) is 16.3 Å². The number of thioether (sulfide) groups is 1. The van der Waals surface area contributed by atoms with Gasteiger partial charge in [0, 0.05) is 23.0 Å². The number of benzene rings is 1. The first-order valence-electron chi connectivity index (χ1n) is 8.36. The molecule has 0 bridgehead atoms. The fourth-order valence-electron chi connectivity index (χ4n) is 2.80. The van der Waals surface area contributed by atoms with E-state index in [-0.39, 0.29) is 12.0 Å². The summed E-state index contributed by atoms with van der Waals surface area (Å²) < 4.78 is 7.91. The van der Waals surface area contributed by atoms with Crippen LogP contribution in [0.2, 0.25) is 5.02 Å². The van der Waals surface area contributed by atoms with Gasteiger partial charge in [-0.15, -0.1) is 0 Å². The van der Waals surface area contributed by atoms with Gasteiger partial charge in [0.05, 0.1) is 24.1 Å². The van der Waals surface area contributed by atoms with Gasteiger partial charge in [0.2, 0.25) is 5.91 Å². The third kappa shape index (κ3) is 4.77. The Morgan fingerprint density at radius 1 is 1.40 bits per heavy atom. The van der Waals surface area contributed by atoms with E-state index in [0.717, 1.165) is 48.2 Å². The molecular weight excluding hydrogens is 358 g/mol. The summed E-state index contributed by atoms with van der Waals surface area (Å²) in [5, 5.41) is 4.39. The van der Waals surface area contributed by atoms with Crippen molar-refractivity contribution in [2.45, 2.75) is 44.5 Å². The first-order valence-corrected chi connectivity index (χ1v) is 9.73. The van der Waals surface area contributed by atoms with Crippen LogP contribution in [-0.4, -0.2) is 33.9 Å². The Balaban J connectivity index is 1.61. The second kappa shape index (κ2) is 8.25. The summed E-state index contributed by atoms with van der Waals surface area (Å²) in [5.41, 5.74) is 2.87. The van der Waals surface area contributed by atoms with Crippen molar-refractivity contribution >= 4 is 35.0 Å². The summed E-state index contributed by atoms with van der Waals surface area (Å²) in [4.78, 5) is 16.8. The Morgan fingerprint density at radius 3 is 2.84 bits per heavy atom. The van der Waals surface area contributed by atoms with Crippen LogP contribution in [0.5, 0.6) is 0 Å². The monoisotopic (exact) mass is 379 g/mol. The van der Waals surface area contributed by atoms with Crippen LogP contribution >= 0.6 is 23.4 Å². The van der Waals surface area contributed by atoms with Gasteiger partial charge in [0.15, 0.2) is 5.16 Å². The molecule has 0 unspecified atom stereocenters. The van der Waals surface area contributed by atoms with Gasteiger partial charge < -0.3 is 14.6 Å². The Bertz CT molecular complexity index is 740. The number of aromatic nitrogens is 2. The standard InChI is InChI=1S/C18H22ClN3O2S/c1-12-13(2)22(10-16-4-3-9-24-16)18(20-12)25-11-17(23)21-15-7-5-14(19)6-8-15/h5-8,16H,3-4,9-11H2,1-2H3,(H,21,23)/t16-/m0/s1. The highest BCUT2D eigenvalue weighted by Gasteiger charge is 2.20. The number of hydrogen-bond donors (Lipinski definition) is 1. The van der Waals surface area contributed by atoms with Crippen LogP contribution in [0.15, 0.2) is 29.4 Å². The quantitative estimate of drug-likeness (QED) is 0.769. The number of hydrogen-bond acceptors (Lipinski definition) is 4. The topological polar surface area (TPSA) is 56.2 Å². The lowest BCUT2D eigenvalue weighted by Crippen LogP contribution is -2.18. The fraction of sp³-hybridized carbons (Fsp3) is 0.444. The Labute approximate surface area is 157 Å². The van der Waals surface area contributed by atoms with Crippen LogP contribution in [0.25, 0.3) is 0 Å². The number of rotatable bonds is 6. The molecule has 3 rings (SSSR count). The molecule has 1 saturated heterocycles. The van der Waals surface area contributed by atoms with E-state index in [2.05, 4.69) is 21.8 Å². The molecule has 1 N–H and O–H groups in total. The van der Waals surface area contributed by atoms with Crippen molar-refractivity contribution in [2.75, 3.05) is 17.7 Å². The molecule has 25 heavy (non-hydrogen) atoms. The first-order chi connectivity index (χ1) is 12.0. The van der Waals surface area contributed by atoms with Crippen molar-refractivity contribution in [2.24, 2.45) is 0 Å². The van der Waals surface area contributed by atoms with Crippen LogP contribution in [0.1, 0.15) is 24.2 Å². The van der Waals surface area contributed by atoms with Crippen LogP contribution in [0.3, 0.4) is 0 Å². The summed E-state index contributed by atoms with van der Waals surface area (Å²) in [6, 6.07) is 7.09. The number of halogens is 1. The number of nitrogens with zero attached hydrogens (tertiary/aromatic N) is 2. The second-order valence-corrected chi connectivity index (χ2v) is 7.53. The first kappa shape index (κ1) is 18.3. The number of anilines is 1. The molecule has 1 amide bonds. The number of carbonyl (C=O) groups is 1. The molecular formula is C18H22ClN3O2S. The molecule has 1 aliphatic heterocycles. The number of amides is 1. The van der Waals surface area contributed by atoms with Gasteiger partial charge >= 0.3 is 0 Å². The molecule has 0 saturated carbocycles. The zero-order valence-corrected chi connectivity index (χ0v) is 16.0. The van der Waals surface area contributed by atoms with Crippen molar-refractivity contribution in [1.29, 1.82) is 0 Å². The van der Waals surface area contributed by atoms with Crippen molar-refractivity contribution in [3.63, 3.8) is 0 Å². The van der Waals surface area contributed by atoms with E-state index in [1.165, 1.54) is 11.8 Å². The molecule has 0 spiro atoms. The van der Waals surface area contributed by atoms with Gasteiger partial charge in [-0.2, -0.15) is 0 Å². The second-order valence-electron chi connectivity index (χ2n) is 6.15. The summed E-state index contributed by atoms with van der Waals surface area (Å²) >= 11 is 7.31. The Hall–Kier alpha value is -1.50. The van der Waals surface area contributed by atoms with Gasteiger partial charge in [0.1, 0.15) is 0 Å². The largest absolute Gasteiger partial charge is 0.376 e. The van der Waals surface area contributed by atoms with E-state index >= 15 is 0 Å². The van der Waals surface area contributed by atoms with Gasteiger partial charge in [-0.3, -0.25) is 4.79 Å². The number of ether oxygens (including phenoxy) is 1. The van der Waals surface area contributed by atoms with E-state index in [1.807, 2.05) is 6.92 Å². The van der Waals surface area contributed by atoms with Crippen LogP contribution < -0.4 is 5.32 Å². The molecule has 5 nitrogen and oxygen atoms in total. The average Bonchev–Trinajstić information content (AvgIpc) is 3.19. The Morgan fingerprint density at radius 2 is 2.16 bits per heavy atom. The maximum absolute atomic E-state index is 12.2. The molecule has 2 aromatic rings. The van der Waals surface area contributed by atoms with Gasteiger partial charge in [0.25, 0.3) is 0 Å². The third-order valence-corrected chi connectivity index (χ3v) is 5.52. The van der Waals surface area contributed by atoms with Crippen molar-refractivity contribution in [1.82, 2.24) is 9.55 Å². The number of carbonyl (C=O) groups excluding carboxylic acids is 1. The predicted molar refractivity (Wildman–Crippen MR) is 101 cm³/mol. The highest BCUT2D eigenvalue weighted by atomic mass is 35.5. The van der Waals surface area contributed by atoms with Gasteiger partial charge in [-0.1, -0.05) is 23.4 Å². The van der Waals surface area contributed by atoms with E-state index in [0.29, 0.717) is 10.8 Å². The van der Waals surface area contributed by atoms with Crippen LogP contribution in [-0.2, 0) is 16.1 Å². The summed E-state index contributed by atoms with van der Waals surface area (Å²) in [7, 11) is 0. The van der Waals surface area contributed by atoms with Crippen LogP contribution in [0, 0.1) is 13.8 Å². The van der Waals surface area contributed by atoms with Gasteiger partial charge in [-0.25, -0.2) is 4.98 Å². The maximum Gasteiger partial charge on any atom is 0.234 e. The summed E-state index contributed by atoms with van der Waals surface area (Å²) in [6.07, 6.45) is 2.44. The van der Waals surface area contributed by atoms with E-state index in [9.17, 15) is 4.79 Å². The van der Waals surface area contributed by atoms with Crippen LogP contribution in [0.4, 0.5) is 5.69 Å². The highest BCUT2D eigenvalue weighted by molar-refractivity contribution is 7.99. The number of nitrogens with one attached hydrogen (secondary N) is 1. The lowest BCUT2D eigenvalue weighted by Gasteiger charge is -2.14. The fourth-order valence-corrected chi connectivity index (χ4v) is 3.83. The molecule has 1 aliphatic rings. The lowest BCUT2D eigenvalue weighted by atomic mass is 10.2. The number of aryl methyl sites for hydroxylation is 1. The maximum atomic E-state index is 12.2.